The number of cyclic esters (lactones) is 1. The Kier molecular flexibility index (Phi) is 6.68. The molecule has 28 heavy (non-hydrogen) atoms. The number of hydrogen-bond donors (Lipinski definition) is 1. The highest BCUT2D eigenvalue weighted by Crippen LogP contribution is 2.66. The van der Waals surface area contributed by atoms with Gasteiger partial charge in [0.1, 0.15) is 0 Å². The van der Waals surface area contributed by atoms with Gasteiger partial charge in [0, 0.05) is 21.8 Å². The minimum absolute atomic E-state index is 0.00378. The summed E-state index contributed by atoms with van der Waals surface area (Å²) in [7, 11) is -1.60. The molecule has 1 fully saturated rings. The predicted octanol–water partition coefficient (Wildman–Crippen LogP) is 5.32. The molecule has 0 saturated carbocycles. The van der Waals surface area contributed by atoms with Gasteiger partial charge in [0.15, 0.2) is 0 Å². The lowest BCUT2D eigenvalue weighted by Gasteiger charge is -2.51. The van der Waals surface area contributed by atoms with Crippen molar-refractivity contribution < 1.29 is 13.7 Å². The van der Waals surface area contributed by atoms with Crippen LogP contribution >= 0.6 is 10.3 Å². The van der Waals surface area contributed by atoms with Gasteiger partial charge in [-0.25, -0.2) is 4.79 Å². The highest BCUT2D eigenvalue weighted by Gasteiger charge is 2.40. The number of benzene rings is 2. The van der Waals surface area contributed by atoms with Crippen LogP contribution in [0, 0.1) is 0 Å². The van der Waals surface area contributed by atoms with Crippen molar-refractivity contribution in [1.29, 1.82) is 0 Å². The van der Waals surface area contributed by atoms with E-state index >= 15 is 0 Å². The van der Waals surface area contributed by atoms with Gasteiger partial charge in [0.05, 0.1) is 19.3 Å². The number of amides is 1. The number of carbonyl (C=O) groups excluding carboxylic acids is 1. The Morgan fingerprint density at radius 1 is 1.07 bits per heavy atom. The summed E-state index contributed by atoms with van der Waals surface area (Å²) in [5, 5.41) is 2.89. The molecule has 152 valence electrons. The largest absolute Gasteiger partial charge is 0.449 e. The summed E-state index contributed by atoms with van der Waals surface area (Å²) in [6.07, 6.45) is 1.39. The van der Waals surface area contributed by atoms with Crippen molar-refractivity contribution in [2.24, 2.45) is 0 Å². The van der Waals surface area contributed by atoms with Crippen LogP contribution in [-0.4, -0.2) is 35.8 Å². The van der Waals surface area contributed by atoms with Gasteiger partial charge in [-0.15, -0.1) is 10.3 Å². The van der Waals surface area contributed by atoms with E-state index in [2.05, 4.69) is 80.7 Å². The summed E-state index contributed by atoms with van der Waals surface area (Å²) in [6, 6.07) is 21.2. The Balaban J connectivity index is 1.87. The summed E-state index contributed by atoms with van der Waals surface area (Å²) in [6.45, 7) is 7.76. The van der Waals surface area contributed by atoms with Crippen LogP contribution in [0.3, 0.4) is 0 Å². The van der Waals surface area contributed by atoms with Crippen molar-refractivity contribution in [2.45, 2.75) is 49.3 Å². The van der Waals surface area contributed by atoms with Crippen LogP contribution in [-0.2, 0) is 15.3 Å². The molecule has 0 spiro atoms. The molecule has 1 N–H and O–H groups in total. The molecule has 0 radical (unpaired) electrons. The van der Waals surface area contributed by atoms with Crippen LogP contribution in [0.25, 0.3) is 0 Å². The van der Waals surface area contributed by atoms with Gasteiger partial charge in [-0.2, -0.15) is 0 Å². The zero-order valence-corrected chi connectivity index (χ0v) is 17.8. The first-order valence-corrected chi connectivity index (χ1v) is 11.6. The number of carbonyl (C=O) groups is 1. The topological polar surface area (TPSA) is 47.6 Å². The minimum Gasteiger partial charge on any atom is -0.449 e. The standard InChI is InChI=1S/C23H31NO3S/c1-23(2,3)28(21-12-8-5-9-13-21,17-15-19-10-6-4-7-11-19)27-18-20-14-16-26-22(25)24-20/h4-13,20H,14-18H2,1-3H3,(H,24,25). The molecule has 5 heteroatoms. The molecule has 0 aromatic heterocycles. The van der Waals surface area contributed by atoms with Crippen molar-refractivity contribution >= 4 is 16.4 Å². The summed E-state index contributed by atoms with van der Waals surface area (Å²) in [4.78, 5) is 12.9. The Labute approximate surface area is 170 Å². The van der Waals surface area contributed by atoms with Crippen molar-refractivity contribution in [3.8, 4) is 0 Å². The second kappa shape index (κ2) is 9.01. The van der Waals surface area contributed by atoms with Crippen LogP contribution in [0.5, 0.6) is 0 Å². The maximum atomic E-state index is 11.6. The molecule has 2 aromatic carbocycles. The average molecular weight is 402 g/mol. The van der Waals surface area contributed by atoms with Crippen LogP contribution in [0.15, 0.2) is 65.6 Å². The van der Waals surface area contributed by atoms with E-state index in [0.29, 0.717) is 13.2 Å². The maximum absolute atomic E-state index is 11.6. The van der Waals surface area contributed by atoms with E-state index in [-0.39, 0.29) is 16.9 Å². The van der Waals surface area contributed by atoms with Crippen LogP contribution in [0.2, 0.25) is 0 Å². The number of hydrogen-bond acceptors (Lipinski definition) is 3. The Hall–Kier alpha value is -1.98. The van der Waals surface area contributed by atoms with Gasteiger partial charge in [-0.05, 0) is 24.1 Å². The van der Waals surface area contributed by atoms with E-state index in [0.717, 1.165) is 18.6 Å². The monoisotopic (exact) mass is 401 g/mol. The van der Waals surface area contributed by atoms with Crippen LogP contribution in [0.1, 0.15) is 32.8 Å². The number of alkyl carbamates (subject to hydrolysis) is 1. The number of rotatable bonds is 7. The summed E-state index contributed by atoms with van der Waals surface area (Å²) in [5.41, 5.74) is 1.32. The normalized spacial score (nSPS) is 20.5. The summed E-state index contributed by atoms with van der Waals surface area (Å²) < 4.78 is 11.8. The van der Waals surface area contributed by atoms with Crippen LogP contribution in [0.4, 0.5) is 4.79 Å². The van der Waals surface area contributed by atoms with Crippen molar-refractivity contribution in [3.05, 3.63) is 66.2 Å². The molecule has 4 nitrogen and oxygen atoms in total. The Morgan fingerprint density at radius 3 is 2.32 bits per heavy atom. The molecule has 1 saturated heterocycles. The third-order valence-corrected chi connectivity index (χ3v) is 9.46. The Morgan fingerprint density at radius 2 is 1.71 bits per heavy atom. The third-order valence-electron chi connectivity index (χ3n) is 5.13. The van der Waals surface area contributed by atoms with E-state index < -0.39 is 10.3 Å². The van der Waals surface area contributed by atoms with E-state index in [1.54, 1.807) is 0 Å². The van der Waals surface area contributed by atoms with Gasteiger partial charge < -0.3 is 14.2 Å². The third kappa shape index (κ3) is 4.89. The first-order valence-electron chi connectivity index (χ1n) is 9.88. The highest BCUT2D eigenvalue weighted by molar-refractivity contribution is 8.31. The van der Waals surface area contributed by atoms with Gasteiger partial charge in [-0.1, -0.05) is 69.3 Å². The molecule has 1 aliphatic rings. The molecule has 1 heterocycles. The maximum Gasteiger partial charge on any atom is 0.407 e. The summed E-state index contributed by atoms with van der Waals surface area (Å²) >= 11 is 0. The van der Waals surface area contributed by atoms with Crippen molar-refractivity contribution in [1.82, 2.24) is 5.32 Å². The molecular formula is C23H31NO3S. The molecule has 0 aliphatic carbocycles. The lowest BCUT2D eigenvalue weighted by atomic mass is 10.2. The van der Waals surface area contributed by atoms with Crippen LogP contribution < -0.4 is 5.32 Å². The molecule has 2 atom stereocenters. The molecular weight excluding hydrogens is 370 g/mol. The first kappa shape index (κ1) is 20.7. The second-order valence-electron chi connectivity index (χ2n) is 8.09. The van der Waals surface area contributed by atoms with E-state index in [9.17, 15) is 4.79 Å². The number of ether oxygens (including phenoxy) is 1. The fourth-order valence-electron chi connectivity index (χ4n) is 3.53. The lowest BCUT2D eigenvalue weighted by Crippen LogP contribution is -2.45. The fraction of sp³-hybridized carbons (Fsp3) is 0.435. The lowest BCUT2D eigenvalue weighted by molar-refractivity contribution is 0.105. The van der Waals surface area contributed by atoms with Gasteiger partial charge in [0.25, 0.3) is 0 Å². The summed E-state index contributed by atoms with van der Waals surface area (Å²) in [5.74, 6) is 0.946. The van der Waals surface area contributed by atoms with Crippen molar-refractivity contribution in [2.75, 3.05) is 19.0 Å². The molecule has 2 aromatic rings. The zero-order valence-electron chi connectivity index (χ0n) is 17.0. The van der Waals surface area contributed by atoms with E-state index in [1.165, 1.54) is 10.5 Å². The van der Waals surface area contributed by atoms with Gasteiger partial charge in [0.2, 0.25) is 0 Å². The highest BCUT2D eigenvalue weighted by atomic mass is 32.3. The average Bonchev–Trinajstić information content (AvgIpc) is 2.69. The Bertz CT molecular complexity index is 760. The number of aryl methyl sites for hydroxylation is 1. The van der Waals surface area contributed by atoms with Gasteiger partial charge in [-0.3, -0.25) is 0 Å². The SMILES string of the molecule is CC(C)(C)S(CCc1ccccc1)(OCC1CCOC(=O)N1)c1ccccc1. The molecule has 1 aliphatic heterocycles. The first-order chi connectivity index (χ1) is 13.4. The molecule has 0 bridgehead atoms. The molecule has 1 amide bonds. The fourth-order valence-corrected chi connectivity index (χ4v) is 7.20. The second-order valence-corrected chi connectivity index (χ2v) is 11.8. The van der Waals surface area contributed by atoms with E-state index in [1.807, 2.05) is 6.07 Å². The molecule has 3 rings (SSSR count). The van der Waals surface area contributed by atoms with Crippen molar-refractivity contribution in [3.63, 3.8) is 0 Å². The minimum atomic E-state index is -1.60. The predicted molar refractivity (Wildman–Crippen MR) is 116 cm³/mol. The van der Waals surface area contributed by atoms with E-state index in [4.69, 9.17) is 8.92 Å². The smallest absolute Gasteiger partial charge is 0.407 e. The molecule has 2 unspecified atom stereocenters. The zero-order chi connectivity index (χ0) is 20.0. The quantitative estimate of drug-likeness (QED) is 0.683. The van der Waals surface area contributed by atoms with Gasteiger partial charge >= 0.3 is 6.09 Å². The number of nitrogens with one attached hydrogen (secondary N) is 1.